The van der Waals surface area contributed by atoms with E-state index >= 15 is 0 Å². The van der Waals surface area contributed by atoms with Crippen molar-refractivity contribution in [1.29, 1.82) is 0 Å². The Bertz CT molecular complexity index is 520. The predicted octanol–water partition coefficient (Wildman–Crippen LogP) is 3.50. The molecule has 1 aliphatic heterocycles. The van der Waals surface area contributed by atoms with Crippen LogP contribution >= 0.6 is 36.4 Å². The van der Waals surface area contributed by atoms with Crippen molar-refractivity contribution in [2.24, 2.45) is 17.6 Å². The van der Waals surface area contributed by atoms with Crippen molar-refractivity contribution in [2.45, 2.75) is 39.3 Å². The first-order chi connectivity index (χ1) is 11.0. The van der Waals surface area contributed by atoms with Crippen LogP contribution in [0.1, 0.15) is 32.3 Å². The number of carbonyl (C=O) groups excluding carboxylic acids is 1. The highest BCUT2D eigenvalue weighted by molar-refractivity contribution is 6.31. The van der Waals surface area contributed by atoms with Gasteiger partial charge in [-0.15, -0.1) is 24.8 Å². The molecule has 3 N–H and O–H groups in total. The van der Waals surface area contributed by atoms with Crippen LogP contribution in [0.5, 0.6) is 0 Å². The fourth-order valence-electron chi connectivity index (χ4n) is 2.86. The van der Waals surface area contributed by atoms with E-state index in [-0.39, 0.29) is 42.7 Å². The monoisotopic (exact) mass is 409 g/mol. The van der Waals surface area contributed by atoms with Gasteiger partial charge in [-0.05, 0) is 50.4 Å². The van der Waals surface area contributed by atoms with E-state index in [1.807, 2.05) is 32.0 Å². The Morgan fingerprint density at radius 3 is 2.44 bits per heavy atom. The summed E-state index contributed by atoms with van der Waals surface area (Å²) in [5, 5.41) is 3.89. The lowest BCUT2D eigenvalue weighted by Crippen LogP contribution is -2.42. The molecule has 144 valence electrons. The van der Waals surface area contributed by atoms with E-state index in [0.29, 0.717) is 5.92 Å². The number of nitrogens with zero attached hydrogens (tertiary/aromatic N) is 1. The van der Waals surface area contributed by atoms with Gasteiger partial charge in [-0.25, -0.2) is 0 Å². The minimum absolute atomic E-state index is 0. The number of nitrogens with one attached hydrogen (secondary N) is 1. The van der Waals surface area contributed by atoms with Crippen molar-refractivity contribution in [3.05, 3.63) is 34.9 Å². The molecule has 2 rings (SSSR count). The standard InChI is InChI=1S/C18H28ClN3O.2ClH/c1-13(14(2)20)18(23)21-11-15-7-9-22(10-8-15)12-16-5-3-4-6-17(16)19;;/h3-6,13-15H,7-12,20H2,1-2H3,(H,21,23);2*1H. The van der Waals surface area contributed by atoms with Gasteiger partial charge in [0.05, 0.1) is 0 Å². The number of amides is 1. The van der Waals surface area contributed by atoms with Crippen LogP contribution in [-0.4, -0.2) is 36.5 Å². The molecule has 0 saturated carbocycles. The van der Waals surface area contributed by atoms with Crippen LogP contribution in [0, 0.1) is 11.8 Å². The van der Waals surface area contributed by atoms with Crippen molar-refractivity contribution < 1.29 is 4.79 Å². The molecular formula is C18H30Cl3N3O. The van der Waals surface area contributed by atoms with Crippen LogP contribution < -0.4 is 11.1 Å². The van der Waals surface area contributed by atoms with Crippen molar-refractivity contribution >= 4 is 42.3 Å². The van der Waals surface area contributed by atoms with Crippen molar-refractivity contribution in [3.63, 3.8) is 0 Å². The molecular weight excluding hydrogens is 381 g/mol. The lowest BCUT2D eigenvalue weighted by molar-refractivity contribution is -0.125. The molecule has 2 atom stereocenters. The van der Waals surface area contributed by atoms with Crippen LogP contribution in [0.15, 0.2) is 24.3 Å². The van der Waals surface area contributed by atoms with Gasteiger partial charge in [-0.3, -0.25) is 9.69 Å². The van der Waals surface area contributed by atoms with Crippen LogP contribution in [0.25, 0.3) is 0 Å². The predicted molar refractivity (Wildman–Crippen MR) is 110 cm³/mol. The fraction of sp³-hybridized carbons (Fsp3) is 0.611. The fourth-order valence-corrected chi connectivity index (χ4v) is 3.06. The van der Waals surface area contributed by atoms with Gasteiger partial charge in [-0.2, -0.15) is 0 Å². The van der Waals surface area contributed by atoms with Crippen LogP contribution in [0.2, 0.25) is 5.02 Å². The van der Waals surface area contributed by atoms with E-state index in [1.165, 1.54) is 5.56 Å². The second-order valence-corrected chi connectivity index (χ2v) is 7.11. The summed E-state index contributed by atoms with van der Waals surface area (Å²) in [5.41, 5.74) is 6.96. The molecule has 1 saturated heterocycles. The zero-order chi connectivity index (χ0) is 16.8. The van der Waals surface area contributed by atoms with Gasteiger partial charge in [-0.1, -0.05) is 36.7 Å². The number of benzene rings is 1. The van der Waals surface area contributed by atoms with E-state index in [2.05, 4.69) is 16.3 Å². The van der Waals surface area contributed by atoms with Gasteiger partial charge in [0, 0.05) is 30.1 Å². The third-order valence-corrected chi connectivity index (χ3v) is 5.19. The molecule has 0 spiro atoms. The Hall–Kier alpha value is -0.520. The molecule has 1 aromatic rings. The van der Waals surface area contributed by atoms with Crippen molar-refractivity contribution in [3.8, 4) is 0 Å². The highest BCUT2D eigenvalue weighted by atomic mass is 35.5. The minimum atomic E-state index is -0.129. The van der Waals surface area contributed by atoms with Crippen molar-refractivity contribution in [1.82, 2.24) is 10.2 Å². The molecule has 1 heterocycles. The molecule has 1 aliphatic rings. The summed E-state index contributed by atoms with van der Waals surface area (Å²) < 4.78 is 0. The molecule has 1 aromatic carbocycles. The number of carbonyl (C=O) groups is 1. The molecule has 1 fully saturated rings. The first kappa shape index (κ1) is 24.5. The molecule has 0 aromatic heterocycles. The Labute approximate surface area is 168 Å². The third kappa shape index (κ3) is 7.71. The molecule has 0 radical (unpaired) electrons. The number of rotatable bonds is 6. The zero-order valence-electron chi connectivity index (χ0n) is 14.9. The number of nitrogens with two attached hydrogens (primary N) is 1. The smallest absolute Gasteiger partial charge is 0.224 e. The molecule has 4 nitrogen and oxygen atoms in total. The second kappa shape index (κ2) is 12.0. The maximum Gasteiger partial charge on any atom is 0.224 e. The quantitative estimate of drug-likeness (QED) is 0.754. The third-order valence-electron chi connectivity index (χ3n) is 4.83. The van der Waals surface area contributed by atoms with E-state index in [4.69, 9.17) is 17.3 Å². The van der Waals surface area contributed by atoms with E-state index in [1.54, 1.807) is 0 Å². The van der Waals surface area contributed by atoms with Gasteiger partial charge < -0.3 is 11.1 Å². The molecule has 25 heavy (non-hydrogen) atoms. The topological polar surface area (TPSA) is 58.4 Å². The van der Waals surface area contributed by atoms with E-state index < -0.39 is 0 Å². The van der Waals surface area contributed by atoms with Gasteiger partial charge in [0.15, 0.2) is 0 Å². The lowest BCUT2D eigenvalue weighted by Gasteiger charge is -2.32. The first-order valence-corrected chi connectivity index (χ1v) is 8.84. The van der Waals surface area contributed by atoms with Gasteiger partial charge in [0.1, 0.15) is 0 Å². The number of hydrogen-bond acceptors (Lipinski definition) is 3. The van der Waals surface area contributed by atoms with E-state index in [9.17, 15) is 4.79 Å². The number of likely N-dealkylation sites (tertiary alicyclic amines) is 1. The number of piperidine rings is 1. The SMILES string of the molecule is CC(N)C(C)C(=O)NCC1CCN(Cc2ccccc2Cl)CC1.Cl.Cl. The maximum atomic E-state index is 12.0. The molecule has 1 amide bonds. The molecule has 7 heteroatoms. The number of halogens is 3. The highest BCUT2D eigenvalue weighted by Crippen LogP contribution is 2.22. The summed E-state index contributed by atoms with van der Waals surface area (Å²) in [5.74, 6) is 0.496. The minimum Gasteiger partial charge on any atom is -0.356 e. The highest BCUT2D eigenvalue weighted by Gasteiger charge is 2.22. The Balaban J connectivity index is 0.00000288. The summed E-state index contributed by atoms with van der Waals surface area (Å²) in [6, 6.07) is 7.92. The normalized spacial score (nSPS) is 17.8. The summed E-state index contributed by atoms with van der Waals surface area (Å²) in [7, 11) is 0. The molecule has 2 unspecified atom stereocenters. The Morgan fingerprint density at radius 2 is 1.88 bits per heavy atom. The van der Waals surface area contributed by atoms with Crippen LogP contribution in [-0.2, 0) is 11.3 Å². The van der Waals surface area contributed by atoms with Gasteiger partial charge in [0.2, 0.25) is 5.91 Å². The van der Waals surface area contributed by atoms with Crippen molar-refractivity contribution in [2.75, 3.05) is 19.6 Å². The summed E-state index contributed by atoms with van der Waals surface area (Å²) in [6.45, 7) is 7.52. The largest absolute Gasteiger partial charge is 0.356 e. The Morgan fingerprint density at radius 1 is 1.28 bits per heavy atom. The van der Waals surface area contributed by atoms with Gasteiger partial charge in [0.25, 0.3) is 0 Å². The lowest BCUT2D eigenvalue weighted by atomic mass is 9.95. The first-order valence-electron chi connectivity index (χ1n) is 8.46. The average Bonchev–Trinajstić information content (AvgIpc) is 2.55. The second-order valence-electron chi connectivity index (χ2n) is 6.70. The summed E-state index contributed by atoms with van der Waals surface area (Å²) in [6.07, 6.45) is 2.22. The average molecular weight is 411 g/mol. The van der Waals surface area contributed by atoms with Gasteiger partial charge >= 0.3 is 0 Å². The summed E-state index contributed by atoms with van der Waals surface area (Å²) in [4.78, 5) is 14.4. The summed E-state index contributed by atoms with van der Waals surface area (Å²) >= 11 is 6.23. The Kier molecular flexibility index (Phi) is 11.7. The molecule has 0 bridgehead atoms. The number of hydrogen-bond donors (Lipinski definition) is 2. The zero-order valence-corrected chi connectivity index (χ0v) is 17.3. The van der Waals surface area contributed by atoms with Crippen LogP contribution in [0.3, 0.4) is 0 Å². The maximum absolute atomic E-state index is 12.0. The van der Waals surface area contributed by atoms with E-state index in [0.717, 1.165) is 44.0 Å². The molecule has 0 aliphatic carbocycles. The van der Waals surface area contributed by atoms with Crippen LogP contribution in [0.4, 0.5) is 0 Å².